The molecular formula is C17H26N4. The van der Waals surface area contributed by atoms with E-state index in [1.54, 1.807) is 0 Å². The summed E-state index contributed by atoms with van der Waals surface area (Å²) in [7, 11) is 0. The zero-order valence-corrected chi connectivity index (χ0v) is 13.8. The lowest BCUT2D eigenvalue weighted by Crippen LogP contribution is -2.37. The molecule has 0 radical (unpaired) electrons. The Hall–Kier alpha value is -1.68. The fourth-order valence-corrected chi connectivity index (χ4v) is 2.40. The zero-order valence-electron chi connectivity index (χ0n) is 13.8. The summed E-state index contributed by atoms with van der Waals surface area (Å²) in [4.78, 5) is 4.37. The smallest absolute Gasteiger partial charge is 0.147 e. The molecule has 21 heavy (non-hydrogen) atoms. The molecule has 0 aliphatic carbocycles. The van der Waals surface area contributed by atoms with E-state index < -0.39 is 0 Å². The third-order valence-electron chi connectivity index (χ3n) is 3.45. The van der Waals surface area contributed by atoms with E-state index in [9.17, 15) is 0 Å². The van der Waals surface area contributed by atoms with E-state index in [0.717, 1.165) is 31.2 Å². The summed E-state index contributed by atoms with van der Waals surface area (Å²) in [5.41, 5.74) is 2.86. The Labute approximate surface area is 127 Å². The van der Waals surface area contributed by atoms with Crippen LogP contribution in [0.1, 0.15) is 43.5 Å². The second kappa shape index (κ2) is 6.39. The third-order valence-corrected chi connectivity index (χ3v) is 3.45. The van der Waals surface area contributed by atoms with E-state index >= 15 is 0 Å². The fraction of sp³-hybridized carbons (Fsp3) is 0.529. The highest BCUT2D eigenvalue weighted by molar-refractivity contribution is 5.27. The predicted octanol–water partition coefficient (Wildman–Crippen LogP) is 2.87. The average Bonchev–Trinajstić information content (AvgIpc) is 2.68. The van der Waals surface area contributed by atoms with Crippen molar-refractivity contribution >= 4 is 0 Å². The summed E-state index contributed by atoms with van der Waals surface area (Å²) in [6.45, 7) is 12.3. The molecule has 0 unspecified atom stereocenters. The Kier molecular flexibility index (Phi) is 4.78. The Morgan fingerprint density at radius 3 is 2.33 bits per heavy atom. The van der Waals surface area contributed by atoms with Crippen LogP contribution in [0.5, 0.6) is 0 Å². The molecule has 1 aromatic carbocycles. The normalized spacial score (nSPS) is 11.9. The van der Waals surface area contributed by atoms with Gasteiger partial charge in [-0.25, -0.2) is 9.67 Å². The van der Waals surface area contributed by atoms with Crippen molar-refractivity contribution < 1.29 is 0 Å². The molecule has 0 fully saturated rings. The lowest BCUT2D eigenvalue weighted by atomic mass is 10.0. The average molecular weight is 286 g/mol. The SMILES string of the molecule is Cc1nc(C)n(Cc2ccccc2CCNC(C)(C)C)n1. The number of hydrogen-bond acceptors (Lipinski definition) is 3. The molecule has 1 N–H and O–H groups in total. The maximum absolute atomic E-state index is 4.46. The molecule has 4 nitrogen and oxygen atoms in total. The maximum atomic E-state index is 4.46. The van der Waals surface area contributed by atoms with Crippen LogP contribution >= 0.6 is 0 Å². The van der Waals surface area contributed by atoms with Gasteiger partial charge in [-0.15, -0.1) is 0 Å². The Morgan fingerprint density at radius 1 is 1.10 bits per heavy atom. The zero-order chi connectivity index (χ0) is 15.5. The van der Waals surface area contributed by atoms with Crippen LogP contribution in [0.3, 0.4) is 0 Å². The fourth-order valence-electron chi connectivity index (χ4n) is 2.40. The lowest BCUT2D eigenvalue weighted by molar-refractivity contribution is 0.429. The predicted molar refractivity (Wildman–Crippen MR) is 86.5 cm³/mol. The van der Waals surface area contributed by atoms with E-state index in [1.165, 1.54) is 11.1 Å². The second-order valence-corrected chi connectivity index (χ2v) is 6.56. The topological polar surface area (TPSA) is 42.7 Å². The number of hydrogen-bond donors (Lipinski definition) is 1. The van der Waals surface area contributed by atoms with Gasteiger partial charge < -0.3 is 5.32 Å². The van der Waals surface area contributed by atoms with Crippen molar-refractivity contribution in [2.24, 2.45) is 0 Å². The van der Waals surface area contributed by atoms with E-state index in [0.29, 0.717) is 0 Å². The summed E-state index contributed by atoms with van der Waals surface area (Å²) < 4.78 is 1.98. The Bertz CT molecular complexity index is 593. The van der Waals surface area contributed by atoms with Gasteiger partial charge in [0.1, 0.15) is 11.6 Å². The minimum absolute atomic E-state index is 0.161. The van der Waals surface area contributed by atoms with Crippen molar-refractivity contribution in [1.29, 1.82) is 0 Å². The molecule has 0 saturated heterocycles. The Morgan fingerprint density at radius 2 is 1.76 bits per heavy atom. The van der Waals surface area contributed by atoms with Crippen LogP contribution < -0.4 is 5.32 Å². The lowest BCUT2D eigenvalue weighted by Gasteiger charge is -2.21. The van der Waals surface area contributed by atoms with E-state index in [2.05, 4.69) is 60.4 Å². The Balaban J connectivity index is 2.08. The van der Waals surface area contributed by atoms with E-state index in [4.69, 9.17) is 0 Å². The number of aromatic nitrogens is 3. The summed E-state index contributed by atoms with van der Waals surface area (Å²) >= 11 is 0. The van der Waals surface area contributed by atoms with Crippen molar-refractivity contribution in [1.82, 2.24) is 20.1 Å². The number of aryl methyl sites for hydroxylation is 2. The van der Waals surface area contributed by atoms with Gasteiger partial charge in [-0.05, 0) is 58.7 Å². The molecule has 0 spiro atoms. The minimum atomic E-state index is 0.161. The van der Waals surface area contributed by atoms with Crippen LogP contribution in [0.4, 0.5) is 0 Å². The molecule has 1 heterocycles. The highest BCUT2D eigenvalue weighted by Crippen LogP contribution is 2.12. The molecule has 0 aliphatic heterocycles. The van der Waals surface area contributed by atoms with Gasteiger partial charge in [0.2, 0.25) is 0 Å². The third kappa shape index (κ3) is 4.67. The summed E-state index contributed by atoms with van der Waals surface area (Å²) in [5.74, 6) is 1.80. The number of nitrogens with zero attached hydrogens (tertiary/aromatic N) is 3. The van der Waals surface area contributed by atoms with E-state index in [1.807, 2.05) is 18.5 Å². The first-order valence-corrected chi connectivity index (χ1v) is 7.55. The van der Waals surface area contributed by atoms with Gasteiger partial charge in [-0.3, -0.25) is 0 Å². The van der Waals surface area contributed by atoms with Crippen LogP contribution in [0.25, 0.3) is 0 Å². The van der Waals surface area contributed by atoms with Crippen molar-refractivity contribution in [2.75, 3.05) is 6.54 Å². The van der Waals surface area contributed by atoms with Crippen LogP contribution in [-0.4, -0.2) is 26.8 Å². The summed E-state index contributed by atoms with van der Waals surface area (Å²) in [6, 6.07) is 8.59. The molecule has 0 saturated carbocycles. The van der Waals surface area contributed by atoms with Crippen molar-refractivity contribution in [2.45, 2.75) is 53.1 Å². The molecule has 0 aliphatic rings. The number of nitrogens with one attached hydrogen (secondary N) is 1. The van der Waals surface area contributed by atoms with Gasteiger partial charge in [-0.2, -0.15) is 5.10 Å². The standard InChI is InChI=1S/C17H26N4/c1-13-19-14(2)21(20-13)12-16-9-7-6-8-15(16)10-11-18-17(3,4)5/h6-9,18H,10-12H2,1-5H3. The molecule has 1 aromatic heterocycles. The second-order valence-electron chi connectivity index (χ2n) is 6.56. The first-order valence-electron chi connectivity index (χ1n) is 7.55. The van der Waals surface area contributed by atoms with Crippen molar-refractivity contribution in [3.8, 4) is 0 Å². The molecule has 114 valence electrons. The molecule has 4 heteroatoms. The molecule has 0 amide bonds. The highest BCUT2D eigenvalue weighted by Gasteiger charge is 2.10. The minimum Gasteiger partial charge on any atom is -0.312 e. The largest absolute Gasteiger partial charge is 0.312 e. The van der Waals surface area contributed by atoms with Crippen LogP contribution in [0.15, 0.2) is 24.3 Å². The molecule has 2 aromatic rings. The highest BCUT2D eigenvalue weighted by atomic mass is 15.3. The van der Waals surface area contributed by atoms with Crippen molar-refractivity contribution in [3.05, 3.63) is 47.0 Å². The maximum Gasteiger partial charge on any atom is 0.147 e. The molecule has 0 atom stereocenters. The van der Waals surface area contributed by atoms with Crippen LogP contribution in [0, 0.1) is 13.8 Å². The van der Waals surface area contributed by atoms with Gasteiger partial charge in [0.25, 0.3) is 0 Å². The number of benzene rings is 1. The van der Waals surface area contributed by atoms with Gasteiger partial charge in [-0.1, -0.05) is 24.3 Å². The number of rotatable bonds is 5. The summed E-state index contributed by atoms with van der Waals surface area (Å²) in [5, 5.41) is 8.00. The first-order chi connectivity index (χ1) is 9.85. The van der Waals surface area contributed by atoms with Gasteiger partial charge in [0.15, 0.2) is 0 Å². The van der Waals surface area contributed by atoms with Crippen LogP contribution in [-0.2, 0) is 13.0 Å². The first kappa shape index (κ1) is 15.7. The quantitative estimate of drug-likeness (QED) is 0.919. The van der Waals surface area contributed by atoms with Gasteiger partial charge in [0, 0.05) is 5.54 Å². The van der Waals surface area contributed by atoms with Crippen molar-refractivity contribution in [3.63, 3.8) is 0 Å². The van der Waals surface area contributed by atoms with Crippen LogP contribution in [0.2, 0.25) is 0 Å². The molecule has 0 bridgehead atoms. The molecule has 2 rings (SSSR count). The monoisotopic (exact) mass is 286 g/mol. The van der Waals surface area contributed by atoms with Gasteiger partial charge >= 0.3 is 0 Å². The van der Waals surface area contributed by atoms with Gasteiger partial charge in [0.05, 0.1) is 6.54 Å². The molecular weight excluding hydrogens is 260 g/mol. The summed E-state index contributed by atoms with van der Waals surface area (Å²) in [6.07, 6.45) is 1.03. The van der Waals surface area contributed by atoms with E-state index in [-0.39, 0.29) is 5.54 Å².